The fourth-order valence-corrected chi connectivity index (χ4v) is 1.25. The van der Waals surface area contributed by atoms with Crippen molar-refractivity contribution in [2.45, 2.75) is 6.42 Å². The molecule has 4 nitrogen and oxygen atoms in total. The van der Waals surface area contributed by atoms with E-state index in [0.717, 1.165) is 5.56 Å². The number of hydrogen-bond donors (Lipinski definition) is 0. The van der Waals surface area contributed by atoms with Gasteiger partial charge in [0.1, 0.15) is 11.5 Å². The normalized spacial score (nSPS) is 9.87. The minimum atomic E-state index is 0.406. The molecule has 0 aliphatic carbocycles. The molecule has 0 saturated heterocycles. The van der Waals surface area contributed by atoms with Crippen molar-refractivity contribution in [3.8, 4) is 0 Å². The number of aromatic nitrogens is 3. The van der Waals surface area contributed by atoms with Gasteiger partial charge in [-0.25, -0.2) is 9.97 Å². The zero-order valence-corrected chi connectivity index (χ0v) is 8.00. The number of aldehydes is 1. The molecule has 0 radical (unpaired) electrons. The van der Waals surface area contributed by atoms with Gasteiger partial charge in [-0.1, -0.05) is 6.07 Å². The summed E-state index contributed by atoms with van der Waals surface area (Å²) < 4.78 is 0. The largest absolute Gasteiger partial charge is 0.296 e. The van der Waals surface area contributed by atoms with Crippen LogP contribution in [0.3, 0.4) is 0 Å². The molecule has 0 spiro atoms. The van der Waals surface area contributed by atoms with Crippen molar-refractivity contribution in [1.82, 2.24) is 15.0 Å². The van der Waals surface area contributed by atoms with Gasteiger partial charge >= 0.3 is 0 Å². The van der Waals surface area contributed by atoms with Crippen LogP contribution in [-0.4, -0.2) is 21.2 Å². The van der Waals surface area contributed by atoms with Gasteiger partial charge in [-0.15, -0.1) is 0 Å². The Hall–Kier alpha value is -2.10. The first kappa shape index (κ1) is 9.45. The van der Waals surface area contributed by atoms with Crippen molar-refractivity contribution in [3.05, 3.63) is 53.9 Å². The standard InChI is InChI=1S/C11H9N3O/c15-8-10-3-5-13-11(14-10)6-9-2-1-4-12-7-9/h1-5,7-8H,6H2. The van der Waals surface area contributed by atoms with E-state index in [0.29, 0.717) is 24.2 Å². The van der Waals surface area contributed by atoms with Crippen LogP contribution >= 0.6 is 0 Å². The molecule has 4 heteroatoms. The van der Waals surface area contributed by atoms with Gasteiger partial charge in [0, 0.05) is 25.0 Å². The van der Waals surface area contributed by atoms with Crippen molar-refractivity contribution in [2.75, 3.05) is 0 Å². The predicted octanol–water partition coefficient (Wildman–Crippen LogP) is 1.27. The average Bonchev–Trinajstić information content (AvgIpc) is 2.31. The van der Waals surface area contributed by atoms with E-state index >= 15 is 0 Å². The van der Waals surface area contributed by atoms with E-state index in [9.17, 15) is 4.79 Å². The van der Waals surface area contributed by atoms with Gasteiger partial charge < -0.3 is 0 Å². The quantitative estimate of drug-likeness (QED) is 0.698. The van der Waals surface area contributed by atoms with Gasteiger partial charge in [0.15, 0.2) is 6.29 Å². The van der Waals surface area contributed by atoms with Gasteiger partial charge in [0.2, 0.25) is 0 Å². The number of carbonyl (C=O) groups is 1. The van der Waals surface area contributed by atoms with E-state index in [-0.39, 0.29) is 0 Å². The third-order valence-electron chi connectivity index (χ3n) is 1.93. The first-order chi connectivity index (χ1) is 7.38. The number of rotatable bonds is 3. The van der Waals surface area contributed by atoms with Crippen LogP contribution in [0.4, 0.5) is 0 Å². The summed E-state index contributed by atoms with van der Waals surface area (Å²) in [6.45, 7) is 0. The monoisotopic (exact) mass is 199 g/mol. The molecule has 0 amide bonds. The molecule has 0 aliphatic heterocycles. The van der Waals surface area contributed by atoms with Crippen LogP contribution in [0.5, 0.6) is 0 Å². The van der Waals surface area contributed by atoms with Crippen molar-refractivity contribution in [1.29, 1.82) is 0 Å². The Balaban J connectivity index is 2.21. The molecule has 2 heterocycles. The van der Waals surface area contributed by atoms with Gasteiger partial charge in [-0.3, -0.25) is 9.78 Å². The number of nitrogens with zero attached hydrogens (tertiary/aromatic N) is 3. The van der Waals surface area contributed by atoms with Gasteiger partial charge in [-0.05, 0) is 17.7 Å². The van der Waals surface area contributed by atoms with Gasteiger partial charge in [0.05, 0.1) is 0 Å². The maximum absolute atomic E-state index is 10.5. The summed E-state index contributed by atoms with van der Waals surface area (Å²) in [6.07, 6.45) is 6.37. The molecule has 2 aromatic heterocycles. The molecule has 0 fully saturated rings. The third-order valence-corrected chi connectivity index (χ3v) is 1.93. The molecular weight excluding hydrogens is 190 g/mol. The van der Waals surface area contributed by atoms with Crippen molar-refractivity contribution < 1.29 is 4.79 Å². The summed E-state index contributed by atoms with van der Waals surface area (Å²) >= 11 is 0. The topological polar surface area (TPSA) is 55.7 Å². The highest BCUT2D eigenvalue weighted by atomic mass is 16.1. The lowest BCUT2D eigenvalue weighted by Gasteiger charge is -1.99. The summed E-state index contributed by atoms with van der Waals surface area (Å²) in [5.74, 6) is 0.632. The molecule has 0 aromatic carbocycles. The van der Waals surface area contributed by atoms with Crippen LogP contribution in [0.25, 0.3) is 0 Å². The zero-order chi connectivity index (χ0) is 10.5. The highest BCUT2D eigenvalue weighted by Gasteiger charge is 2.00. The van der Waals surface area contributed by atoms with Crippen LogP contribution in [0.2, 0.25) is 0 Å². The molecule has 0 N–H and O–H groups in total. The Labute approximate surface area is 87.0 Å². The van der Waals surface area contributed by atoms with Crippen LogP contribution in [-0.2, 0) is 6.42 Å². The highest BCUT2D eigenvalue weighted by Crippen LogP contribution is 2.03. The van der Waals surface area contributed by atoms with Gasteiger partial charge in [0.25, 0.3) is 0 Å². The lowest BCUT2D eigenvalue weighted by molar-refractivity contribution is 0.111. The van der Waals surface area contributed by atoms with E-state index in [4.69, 9.17) is 0 Å². The third kappa shape index (κ3) is 2.43. The Morgan fingerprint density at radius 3 is 2.93 bits per heavy atom. The van der Waals surface area contributed by atoms with Crippen molar-refractivity contribution in [3.63, 3.8) is 0 Å². The van der Waals surface area contributed by atoms with Crippen molar-refractivity contribution in [2.24, 2.45) is 0 Å². The van der Waals surface area contributed by atoms with E-state index in [1.165, 1.54) is 0 Å². The second-order valence-electron chi connectivity index (χ2n) is 3.05. The first-order valence-corrected chi connectivity index (χ1v) is 4.54. The average molecular weight is 199 g/mol. The second kappa shape index (κ2) is 4.41. The summed E-state index contributed by atoms with van der Waals surface area (Å²) in [6, 6.07) is 5.39. The SMILES string of the molecule is O=Cc1ccnc(Cc2cccnc2)n1. The van der Waals surface area contributed by atoms with Crippen molar-refractivity contribution >= 4 is 6.29 Å². The van der Waals surface area contributed by atoms with Crippen LogP contribution < -0.4 is 0 Å². The Bertz CT molecular complexity index is 456. The Morgan fingerprint density at radius 2 is 2.20 bits per heavy atom. The number of pyridine rings is 1. The molecule has 0 bridgehead atoms. The Kier molecular flexibility index (Phi) is 2.78. The molecule has 15 heavy (non-hydrogen) atoms. The number of hydrogen-bond acceptors (Lipinski definition) is 4. The smallest absolute Gasteiger partial charge is 0.168 e. The van der Waals surface area contributed by atoms with E-state index < -0.39 is 0 Å². The van der Waals surface area contributed by atoms with Crippen LogP contribution in [0.15, 0.2) is 36.8 Å². The molecule has 0 aliphatic rings. The second-order valence-corrected chi connectivity index (χ2v) is 3.05. The fourth-order valence-electron chi connectivity index (χ4n) is 1.25. The first-order valence-electron chi connectivity index (χ1n) is 4.54. The molecule has 0 saturated carbocycles. The minimum absolute atomic E-state index is 0.406. The predicted molar refractivity (Wildman–Crippen MR) is 54.5 cm³/mol. The summed E-state index contributed by atoms with van der Waals surface area (Å²) in [5.41, 5.74) is 1.43. The molecule has 2 aromatic rings. The zero-order valence-electron chi connectivity index (χ0n) is 8.00. The number of carbonyl (C=O) groups excluding carboxylic acids is 1. The summed E-state index contributed by atoms with van der Waals surface area (Å²) in [7, 11) is 0. The lowest BCUT2D eigenvalue weighted by atomic mass is 10.2. The molecule has 0 atom stereocenters. The molecule has 2 rings (SSSR count). The van der Waals surface area contributed by atoms with E-state index in [1.807, 2.05) is 12.1 Å². The Morgan fingerprint density at radius 1 is 1.27 bits per heavy atom. The fraction of sp³-hybridized carbons (Fsp3) is 0.0909. The molecular formula is C11H9N3O. The highest BCUT2D eigenvalue weighted by molar-refractivity contribution is 5.71. The maximum Gasteiger partial charge on any atom is 0.168 e. The van der Waals surface area contributed by atoms with Crippen LogP contribution in [0, 0.1) is 0 Å². The van der Waals surface area contributed by atoms with Crippen LogP contribution in [0.1, 0.15) is 21.9 Å². The lowest BCUT2D eigenvalue weighted by Crippen LogP contribution is -1.99. The molecule has 74 valence electrons. The van der Waals surface area contributed by atoms with E-state index in [2.05, 4.69) is 15.0 Å². The molecule has 0 unspecified atom stereocenters. The van der Waals surface area contributed by atoms with Gasteiger partial charge in [-0.2, -0.15) is 0 Å². The maximum atomic E-state index is 10.5. The van der Waals surface area contributed by atoms with E-state index in [1.54, 1.807) is 24.7 Å². The summed E-state index contributed by atoms with van der Waals surface area (Å²) in [4.78, 5) is 22.7. The summed E-state index contributed by atoms with van der Waals surface area (Å²) in [5, 5.41) is 0. The minimum Gasteiger partial charge on any atom is -0.296 e.